The molecule has 1 amide bonds. The van der Waals surface area contributed by atoms with E-state index >= 15 is 0 Å². The molecule has 0 radical (unpaired) electrons. The maximum atomic E-state index is 12.1. The van der Waals surface area contributed by atoms with Crippen molar-refractivity contribution >= 4 is 17.7 Å². The van der Waals surface area contributed by atoms with E-state index in [1.54, 1.807) is 11.8 Å². The Balaban J connectivity index is 1.69. The molecule has 1 aromatic rings. The van der Waals surface area contributed by atoms with Crippen LogP contribution in [0, 0.1) is 12.8 Å². The number of hydrogen-bond acceptors (Lipinski definition) is 3. The second-order valence-corrected chi connectivity index (χ2v) is 6.47. The highest BCUT2D eigenvalue weighted by Gasteiger charge is 2.21. The van der Waals surface area contributed by atoms with E-state index in [-0.39, 0.29) is 12.5 Å². The maximum absolute atomic E-state index is 12.1. The summed E-state index contributed by atoms with van der Waals surface area (Å²) in [5.74, 6) is 2.06. The Morgan fingerprint density at radius 1 is 1.30 bits per heavy atom. The van der Waals surface area contributed by atoms with Gasteiger partial charge in [0.1, 0.15) is 0 Å². The number of carbonyl (C=O) groups excluding carboxylic acids is 1. The zero-order valence-corrected chi connectivity index (χ0v) is 12.9. The van der Waals surface area contributed by atoms with Crippen molar-refractivity contribution in [3.63, 3.8) is 0 Å². The predicted molar refractivity (Wildman–Crippen MR) is 83.7 cm³/mol. The van der Waals surface area contributed by atoms with Crippen molar-refractivity contribution in [3.8, 4) is 0 Å². The number of aryl methyl sites for hydroxylation is 1. The van der Waals surface area contributed by atoms with Crippen molar-refractivity contribution in [1.82, 2.24) is 4.90 Å². The molecule has 2 rings (SSSR count). The third-order valence-corrected chi connectivity index (χ3v) is 4.83. The van der Waals surface area contributed by atoms with Crippen LogP contribution in [-0.2, 0) is 10.5 Å². The van der Waals surface area contributed by atoms with E-state index in [2.05, 4.69) is 31.2 Å². The zero-order chi connectivity index (χ0) is 14.4. The predicted octanol–water partition coefficient (Wildman–Crippen LogP) is 2.46. The molecule has 0 saturated carbocycles. The van der Waals surface area contributed by atoms with Crippen LogP contribution >= 0.6 is 11.8 Å². The summed E-state index contributed by atoms with van der Waals surface area (Å²) >= 11 is 1.68. The molecule has 0 unspecified atom stereocenters. The van der Waals surface area contributed by atoms with Gasteiger partial charge in [-0.05, 0) is 31.2 Å². The fourth-order valence-electron chi connectivity index (χ4n) is 2.40. The third kappa shape index (κ3) is 4.53. The van der Waals surface area contributed by atoms with E-state index in [1.165, 1.54) is 11.1 Å². The van der Waals surface area contributed by atoms with Crippen LogP contribution in [0.1, 0.15) is 24.0 Å². The first kappa shape index (κ1) is 15.4. The summed E-state index contributed by atoms with van der Waals surface area (Å²) in [6, 6.07) is 8.47. The molecule has 1 aromatic carbocycles. The van der Waals surface area contributed by atoms with Crippen molar-refractivity contribution in [1.29, 1.82) is 0 Å². The van der Waals surface area contributed by atoms with E-state index in [0.29, 0.717) is 11.7 Å². The summed E-state index contributed by atoms with van der Waals surface area (Å²) in [6.07, 6.45) is 1.87. The number of aliphatic hydroxyl groups excluding tert-OH is 1. The van der Waals surface area contributed by atoms with Crippen molar-refractivity contribution in [3.05, 3.63) is 35.4 Å². The highest BCUT2D eigenvalue weighted by Crippen LogP contribution is 2.18. The molecular weight excluding hydrogens is 270 g/mol. The number of piperidine rings is 1. The molecule has 1 aliphatic rings. The van der Waals surface area contributed by atoms with E-state index in [4.69, 9.17) is 5.11 Å². The van der Waals surface area contributed by atoms with Crippen LogP contribution in [0.4, 0.5) is 0 Å². The van der Waals surface area contributed by atoms with Gasteiger partial charge in [0, 0.05) is 25.4 Å². The summed E-state index contributed by atoms with van der Waals surface area (Å²) < 4.78 is 0. The summed E-state index contributed by atoms with van der Waals surface area (Å²) in [6.45, 7) is 3.94. The molecule has 20 heavy (non-hydrogen) atoms. The SMILES string of the molecule is Cc1ccc(CSCC(=O)N2CCC(CO)CC2)cc1. The van der Waals surface area contributed by atoms with Crippen molar-refractivity contribution in [2.24, 2.45) is 5.92 Å². The van der Waals surface area contributed by atoms with Crippen LogP contribution in [0.5, 0.6) is 0 Å². The topological polar surface area (TPSA) is 40.5 Å². The molecule has 1 heterocycles. The minimum Gasteiger partial charge on any atom is -0.396 e. The summed E-state index contributed by atoms with van der Waals surface area (Å²) in [7, 11) is 0. The smallest absolute Gasteiger partial charge is 0.232 e. The minimum atomic E-state index is 0.235. The molecule has 0 spiro atoms. The molecule has 0 atom stereocenters. The largest absolute Gasteiger partial charge is 0.396 e. The Bertz CT molecular complexity index is 425. The lowest BCUT2D eigenvalue weighted by Gasteiger charge is -2.31. The molecule has 3 nitrogen and oxygen atoms in total. The second kappa shape index (κ2) is 7.70. The first-order valence-electron chi connectivity index (χ1n) is 7.21. The number of thioether (sulfide) groups is 1. The van der Waals surface area contributed by atoms with Crippen LogP contribution < -0.4 is 0 Å². The average Bonchev–Trinajstić information content (AvgIpc) is 2.49. The summed E-state index contributed by atoms with van der Waals surface area (Å²) in [4.78, 5) is 14.0. The van der Waals surface area contributed by atoms with Gasteiger partial charge in [0.05, 0.1) is 5.75 Å². The molecule has 1 N–H and O–H groups in total. The van der Waals surface area contributed by atoms with Gasteiger partial charge in [0.2, 0.25) is 5.91 Å². The second-order valence-electron chi connectivity index (χ2n) is 5.49. The van der Waals surface area contributed by atoms with Crippen LogP contribution in [0.15, 0.2) is 24.3 Å². The molecule has 0 aliphatic carbocycles. The van der Waals surface area contributed by atoms with Gasteiger partial charge in [-0.15, -0.1) is 11.8 Å². The number of likely N-dealkylation sites (tertiary alicyclic amines) is 1. The number of amides is 1. The Labute approximate surface area is 125 Å². The average molecular weight is 293 g/mol. The van der Waals surface area contributed by atoms with Crippen LogP contribution in [0.2, 0.25) is 0 Å². The number of carbonyl (C=O) groups is 1. The minimum absolute atomic E-state index is 0.235. The van der Waals surface area contributed by atoms with Gasteiger partial charge in [-0.3, -0.25) is 4.79 Å². The molecule has 110 valence electrons. The molecule has 1 fully saturated rings. The normalized spacial score (nSPS) is 16.4. The molecular formula is C16H23NO2S. The van der Waals surface area contributed by atoms with Crippen LogP contribution in [0.3, 0.4) is 0 Å². The number of aliphatic hydroxyl groups is 1. The lowest BCUT2D eigenvalue weighted by atomic mass is 9.98. The van der Waals surface area contributed by atoms with Crippen molar-refractivity contribution in [2.75, 3.05) is 25.4 Å². The molecule has 1 saturated heterocycles. The lowest BCUT2D eigenvalue weighted by Crippen LogP contribution is -2.40. The molecule has 1 aliphatic heterocycles. The van der Waals surface area contributed by atoms with Gasteiger partial charge < -0.3 is 10.0 Å². The van der Waals surface area contributed by atoms with E-state index in [1.807, 2.05) is 4.90 Å². The summed E-state index contributed by atoms with van der Waals surface area (Å²) in [5.41, 5.74) is 2.54. The van der Waals surface area contributed by atoms with Gasteiger partial charge in [-0.25, -0.2) is 0 Å². The van der Waals surface area contributed by atoms with E-state index in [9.17, 15) is 4.79 Å². The first-order chi connectivity index (χ1) is 9.69. The molecule has 0 aromatic heterocycles. The Morgan fingerprint density at radius 2 is 1.95 bits per heavy atom. The third-order valence-electron chi connectivity index (χ3n) is 3.84. The Morgan fingerprint density at radius 3 is 2.55 bits per heavy atom. The van der Waals surface area contributed by atoms with Crippen LogP contribution in [0.25, 0.3) is 0 Å². The fourth-order valence-corrected chi connectivity index (χ4v) is 3.28. The molecule has 0 bridgehead atoms. The van der Waals surface area contributed by atoms with E-state index in [0.717, 1.165) is 31.7 Å². The number of hydrogen-bond donors (Lipinski definition) is 1. The van der Waals surface area contributed by atoms with Crippen molar-refractivity contribution < 1.29 is 9.90 Å². The quantitative estimate of drug-likeness (QED) is 0.906. The van der Waals surface area contributed by atoms with Gasteiger partial charge >= 0.3 is 0 Å². The fraction of sp³-hybridized carbons (Fsp3) is 0.562. The highest BCUT2D eigenvalue weighted by molar-refractivity contribution is 7.99. The lowest BCUT2D eigenvalue weighted by molar-refractivity contribution is -0.129. The van der Waals surface area contributed by atoms with Gasteiger partial charge in [-0.1, -0.05) is 29.8 Å². The number of benzene rings is 1. The maximum Gasteiger partial charge on any atom is 0.232 e. The number of nitrogens with zero attached hydrogens (tertiary/aromatic N) is 1. The number of rotatable bonds is 5. The monoisotopic (exact) mass is 293 g/mol. The first-order valence-corrected chi connectivity index (χ1v) is 8.36. The van der Waals surface area contributed by atoms with E-state index < -0.39 is 0 Å². The Kier molecular flexibility index (Phi) is 5.92. The van der Waals surface area contributed by atoms with Gasteiger partial charge in [0.15, 0.2) is 0 Å². The Hall–Kier alpha value is -1.00. The molecule has 4 heteroatoms. The van der Waals surface area contributed by atoms with Gasteiger partial charge in [-0.2, -0.15) is 0 Å². The van der Waals surface area contributed by atoms with Gasteiger partial charge in [0.25, 0.3) is 0 Å². The highest BCUT2D eigenvalue weighted by atomic mass is 32.2. The standard InChI is InChI=1S/C16H23NO2S/c1-13-2-4-15(5-3-13)11-20-12-16(19)17-8-6-14(10-18)7-9-17/h2-5,14,18H,6-12H2,1H3. The summed E-state index contributed by atoms with van der Waals surface area (Å²) in [5, 5.41) is 9.10. The zero-order valence-electron chi connectivity index (χ0n) is 12.0. The van der Waals surface area contributed by atoms with Crippen molar-refractivity contribution in [2.45, 2.75) is 25.5 Å². The van der Waals surface area contributed by atoms with Crippen LogP contribution in [-0.4, -0.2) is 41.4 Å².